The van der Waals surface area contributed by atoms with E-state index in [0.29, 0.717) is 0 Å². The van der Waals surface area contributed by atoms with Crippen LogP contribution in [-0.4, -0.2) is 19.9 Å². The van der Waals surface area contributed by atoms with Crippen LogP contribution in [0.4, 0.5) is 0 Å². The van der Waals surface area contributed by atoms with Crippen molar-refractivity contribution in [3.05, 3.63) is 53.7 Å². The molecule has 0 saturated carbocycles. The summed E-state index contributed by atoms with van der Waals surface area (Å²) < 4.78 is 7.49. The summed E-state index contributed by atoms with van der Waals surface area (Å²) >= 11 is 0. The lowest BCUT2D eigenvalue weighted by Gasteiger charge is -2.07. The molecule has 0 fully saturated rings. The summed E-state index contributed by atoms with van der Waals surface area (Å²) in [4.78, 5) is 4.56. The van der Waals surface area contributed by atoms with Crippen LogP contribution in [0.3, 0.4) is 0 Å². The van der Waals surface area contributed by atoms with Gasteiger partial charge in [0.05, 0.1) is 17.4 Å². The van der Waals surface area contributed by atoms with Crippen molar-refractivity contribution >= 4 is 21.8 Å². The molecule has 0 unspecified atom stereocenters. The maximum atomic E-state index is 5.34. The monoisotopic (exact) mass is 334 g/mol. The third-order valence-corrected chi connectivity index (χ3v) is 4.53. The molecule has 25 heavy (non-hydrogen) atoms. The number of aromatic nitrogens is 4. The standard InChI is InChI=1S/C20H22N4O/c1-3-11-24-19(10-6-7-15-12-14(2)23-25-15)20-16-8-4-5-9-17(16)21-13-18(20)22-24/h4-5,8-9,12-13H,3,6-7,10-11H2,1-2H3. The van der Waals surface area contributed by atoms with Gasteiger partial charge < -0.3 is 4.52 Å². The van der Waals surface area contributed by atoms with Crippen LogP contribution in [0.2, 0.25) is 0 Å². The van der Waals surface area contributed by atoms with E-state index in [1.54, 1.807) is 0 Å². The van der Waals surface area contributed by atoms with Crippen LogP contribution in [0.15, 0.2) is 41.1 Å². The van der Waals surface area contributed by atoms with Crippen molar-refractivity contribution in [2.45, 2.75) is 46.1 Å². The smallest absolute Gasteiger partial charge is 0.137 e. The second kappa shape index (κ2) is 6.67. The number of hydrogen-bond donors (Lipinski definition) is 0. The summed E-state index contributed by atoms with van der Waals surface area (Å²) in [6.45, 7) is 5.07. The summed E-state index contributed by atoms with van der Waals surface area (Å²) in [5, 5.41) is 11.2. The van der Waals surface area contributed by atoms with Gasteiger partial charge in [-0.1, -0.05) is 30.3 Å². The van der Waals surface area contributed by atoms with Crippen LogP contribution >= 0.6 is 0 Å². The zero-order valence-electron chi connectivity index (χ0n) is 14.7. The van der Waals surface area contributed by atoms with E-state index >= 15 is 0 Å². The molecule has 0 bridgehead atoms. The maximum absolute atomic E-state index is 5.34. The van der Waals surface area contributed by atoms with Gasteiger partial charge in [0.15, 0.2) is 0 Å². The first-order valence-corrected chi connectivity index (χ1v) is 8.91. The van der Waals surface area contributed by atoms with Crippen molar-refractivity contribution in [3.8, 4) is 0 Å². The van der Waals surface area contributed by atoms with Gasteiger partial charge in [0.25, 0.3) is 0 Å². The van der Waals surface area contributed by atoms with Crippen LogP contribution in [-0.2, 0) is 19.4 Å². The largest absolute Gasteiger partial charge is 0.361 e. The number of nitrogens with zero attached hydrogens (tertiary/aromatic N) is 4. The Hall–Kier alpha value is -2.69. The Labute approximate surface area is 146 Å². The van der Waals surface area contributed by atoms with E-state index in [2.05, 4.69) is 39.9 Å². The van der Waals surface area contributed by atoms with Crippen molar-refractivity contribution in [2.24, 2.45) is 0 Å². The average Bonchev–Trinajstić information content (AvgIpc) is 3.19. The number of pyridine rings is 1. The van der Waals surface area contributed by atoms with Crippen molar-refractivity contribution in [1.82, 2.24) is 19.9 Å². The van der Waals surface area contributed by atoms with Crippen molar-refractivity contribution in [3.63, 3.8) is 0 Å². The third kappa shape index (κ3) is 3.02. The summed E-state index contributed by atoms with van der Waals surface area (Å²) in [6, 6.07) is 10.3. The van der Waals surface area contributed by atoms with Crippen LogP contribution in [0.1, 0.15) is 36.9 Å². The summed E-state index contributed by atoms with van der Waals surface area (Å²) in [5.41, 5.74) is 4.25. The topological polar surface area (TPSA) is 56.7 Å². The fourth-order valence-corrected chi connectivity index (χ4v) is 3.44. The molecular formula is C20H22N4O. The molecule has 4 aromatic rings. The normalized spacial score (nSPS) is 11.6. The van der Waals surface area contributed by atoms with Gasteiger partial charge in [0.1, 0.15) is 11.3 Å². The van der Waals surface area contributed by atoms with Gasteiger partial charge in [-0.25, -0.2) is 0 Å². The van der Waals surface area contributed by atoms with Gasteiger partial charge in [-0.2, -0.15) is 5.10 Å². The molecule has 0 N–H and O–H groups in total. The molecule has 1 aromatic carbocycles. The highest BCUT2D eigenvalue weighted by Gasteiger charge is 2.14. The second-order valence-corrected chi connectivity index (χ2v) is 6.49. The first kappa shape index (κ1) is 15.8. The van der Waals surface area contributed by atoms with E-state index in [0.717, 1.165) is 54.7 Å². The molecular weight excluding hydrogens is 312 g/mol. The van der Waals surface area contributed by atoms with Gasteiger partial charge in [-0.15, -0.1) is 0 Å². The first-order chi connectivity index (χ1) is 12.3. The fourth-order valence-electron chi connectivity index (χ4n) is 3.44. The van der Waals surface area contributed by atoms with E-state index in [1.807, 2.05) is 25.3 Å². The van der Waals surface area contributed by atoms with Gasteiger partial charge in [-0.05, 0) is 32.3 Å². The Morgan fingerprint density at radius 1 is 1.12 bits per heavy atom. The molecule has 0 atom stereocenters. The Morgan fingerprint density at radius 2 is 2.00 bits per heavy atom. The number of hydrogen-bond acceptors (Lipinski definition) is 4. The SMILES string of the molecule is CCCn1nc2cnc3ccccc3c2c1CCCc1cc(C)no1. The third-order valence-electron chi connectivity index (χ3n) is 4.53. The lowest BCUT2D eigenvalue weighted by atomic mass is 10.1. The molecule has 0 saturated heterocycles. The molecule has 5 nitrogen and oxygen atoms in total. The van der Waals surface area contributed by atoms with E-state index in [-0.39, 0.29) is 0 Å². The van der Waals surface area contributed by atoms with E-state index in [4.69, 9.17) is 9.62 Å². The van der Waals surface area contributed by atoms with Crippen LogP contribution in [0, 0.1) is 6.92 Å². The highest BCUT2D eigenvalue weighted by Crippen LogP contribution is 2.28. The Bertz CT molecular complexity index is 1020. The summed E-state index contributed by atoms with van der Waals surface area (Å²) in [7, 11) is 0. The van der Waals surface area contributed by atoms with E-state index in [1.165, 1.54) is 16.5 Å². The van der Waals surface area contributed by atoms with Crippen molar-refractivity contribution < 1.29 is 4.52 Å². The molecule has 0 amide bonds. The van der Waals surface area contributed by atoms with Crippen molar-refractivity contribution in [1.29, 1.82) is 0 Å². The van der Waals surface area contributed by atoms with Crippen LogP contribution < -0.4 is 0 Å². The quantitative estimate of drug-likeness (QED) is 0.522. The second-order valence-electron chi connectivity index (χ2n) is 6.49. The molecule has 5 heteroatoms. The zero-order valence-corrected chi connectivity index (χ0v) is 14.7. The number of rotatable bonds is 6. The van der Waals surface area contributed by atoms with Gasteiger partial charge >= 0.3 is 0 Å². The lowest BCUT2D eigenvalue weighted by molar-refractivity contribution is 0.376. The maximum Gasteiger partial charge on any atom is 0.137 e. The van der Waals surface area contributed by atoms with Gasteiger partial charge in [0.2, 0.25) is 0 Å². The predicted molar refractivity (Wildman–Crippen MR) is 98.6 cm³/mol. The minimum atomic E-state index is 0.892. The molecule has 4 rings (SSSR count). The van der Waals surface area contributed by atoms with Crippen LogP contribution in [0.5, 0.6) is 0 Å². The fraction of sp³-hybridized carbons (Fsp3) is 0.350. The van der Waals surface area contributed by atoms with Gasteiger partial charge in [-0.3, -0.25) is 9.67 Å². The van der Waals surface area contributed by atoms with Crippen LogP contribution in [0.25, 0.3) is 21.8 Å². The minimum Gasteiger partial charge on any atom is -0.361 e. The Kier molecular flexibility index (Phi) is 4.22. The molecule has 0 aliphatic rings. The zero-order chi connectivity index (χ0) is 17.2. The highest BCUT2D eigenvalue weighted by molar-refractivity contribution is 6.05. The lowest BCUT2D eigenvalue weighted by Crippen LogP contribution is -2.05. The summed E-state index contributed by atoms with van der Waals surface area (Å²) in [5.74, 6) is 0.954. The Balaban J connectivity index is 1.71. The number of fused-ring (bicyclic) bond motifs is 3. The molecule has 0 spiro atoms. The Morgan fingerprint density at radius 3 is 2.80 bits per heavy atom. The predicted octanol–water partition coefficient (Wildman–Crippen LogP) is 4.47. The first-order valence-electron chi connectivity index (χ1n) is 8.91. The van der Waals surface area contributed by atoms with Gasteiger partial charge in [0, 0.05) is 35.5 Å². The molecule has 3 aromatic heterocycles. The number of para-hydroxylation sites is 1. The molecule has 0 aliphatic heterocycles. The minimum absolute atomic E-state index is 0.892. The molecule has 0 aliphatic carbocycles. The summed E-state index contributed by atoms with van der Waals surface area (Å²) in [6.07, 6.45) is 5.82. The van der Waals surface area contributed by atoms with Crippen molar-refractivity contribution in [2.75, 3.05) is 0 Å². The highest BCUT2D eigenvalue weighted by atomic mass is 16.5. The van der Waals surface area contributed by atoms with E-state index in [9.17, 15) is 0 Å². The molecule has 3 heterocycles. The average molecular weight is 334 g/mol. The molecule has 128 valence electrons. The molecule has 0 radical (unpaired) electrons. The van der Waals surface area contributed by atoms with E-state index < -0.39 is 0 Å². The number of benzene rings is 1. The number of aryl methyl sites for hydroxylation is 4.